The fourth-order valence-corrected chi connectivity index (χ4v) is 4.57. The lowest BCUT2D eigenvalue weighted by atomic mass is 9.71. The number of hydrogen-bond acceptors (Lipinski definition) is 2. The van der Waals surface area contributed by atoms with E-state index >= 15 is 0 Å². The number of nitrogens with one attached hydrogen (secondary N) is 1. The Kier molecular flexibility index (Phi) is 5.07. The standard InChI is InChI=1S/C14H22BrNS/c1-2-16-11-14(7-4-3-5-8-14)10-13-12(15)6-9-17-13/h6,9,16H,2-5,7-8,10-11H2,1H3. The van der Waals surface area contributed by atoms with Gasteiger partial charge in [0.15, 0.2) is 0 Å². The molecule has 1 fully saturated rings. The van der Waals surface area contributed by atoms with Crippen molar-refractivity contribution in [2.75, 3.05) is 13.1 Å². The first-order chi connectivity index (χ1) is 8.26. The van der Waals surface area contributed by atoms with Crippen molar-refractivity contribution in [3.8, 4) is 0 Å². The van der Waals surface area contributed by atoms with Gasteiger partial charge in [0.1, 0.15) is 0 Å². The molecule has 3 heteroatoms. The third-order valence-electron chi connectivity index (χ3n) is 3.89. The Morgan fingerprint density at radius 3 is 2.71 bits per heavy atom. The molecule has 0 atom stereocenters. The molecule has 0 aliphatic heterocycles. The van der Waals surface area contributed by atoms with Gasteiger partial charge in [0, 0.05) is 15.9 Å². The molecule has 0 saturated heterocycles. The summed E-state index contributed by atoms with van der Waals surface area (Å²) in [6.45, 7) is 4.48. The average Bonchev–Trinajstić information content (AvgIpc) is 2.74. The molecule has 1 N–H and O–H groups in total. The van der Waals surface area contributed by atoms with Gasteiger partial charge in [-0.05, 0) is 58.6 Å². The van der Waals surface area contributed by atoms with Crippen LogP contribution in [0.4, 0.5) is 0 Å². The molecular weight excluding hydrogens is 294 g/mol. The van der Waals surface area contributed by atoms with Gasteiger partial charge in [0.2, 0.25) is 0 Å². The molecule has 0 unspecified atom stereocenters. The maximum atomic E-state index is 3.68. The summed E-state index contributed by atoms with van der Waals surface area (Å²) in [5.41, 5.74) is 0.516. The summed E-state index contributed by atoms with van der Waals surface area (Å²) in [7, 11) is 0. The van der Waals surface area contributed by atoms with Crippen LogP contribution in [-0.4, -0.2) is 13.1 Å². The summed E-state index contributed by atoms with van der Waals surface area (Å²) in [6, 6.07) is 2.18. The predicted molar refractivity (Wildman–Crippen MR) is 79.8 cm³/mol. The molecular formula is C14H22BrNS. The van der Waals surface area contributed by atoms with Crippen LogP contribution in [0.5, 0.6) is 0 Å². The van der Waals surface area contributed by atoms with Gasteiger partial charge in [-0.3, -0.25) is 0 Å². The SMILES string of the molecule is CCNCC1(Cc2sccc2Br)CCCCC1. The highest BCUT2D eigenvalue weighted by atomic mass is 79.9. The van der Waals surface area contributed by atoms with Crippen LogP contribution in [0, 0.1) is 5.41 Å². The highest BCUT2D eigenvalue weighted by Crippen LogP contribution is 2.41. The zero-order valence-electron chi connectivity index (χ0n) is 10.6. The fourth-order valence-electron chi connectivity index (χ4n) is 2.90. The topological polar surface area (TPSA) is 12.0 Å². The first-order valence-electron chi connectivity index (χ1n) is 6.68. The van der Waals surface area contributed by atoms with Crippen molar-refractivity contribution >= 4 is 27.3 Å². The van der Waals surface area contributed by atoms with Crippen molar-refractivity contribution < 1.29 is 0 Å². The first kappa shape index (κ1) is 13.6. The number of hydrogen-bond donors (Lipinski definition) is 1. The van der Waals surface area contributed by atoms with Crippen LogP contribution in [0.25, 0.3) is 0 Å². The second-order valence-corrected chi connectivity index (χ2v) is 7.06. The summed E-state index contributed by atoms with van der Waals surface area (Å²) in [5.74, 6) is 0. The number of halogens is 1. The molecule has 0 radical (unpaired) electrons. The summed E-state index contributed by atoms with van der Waals surface area (Å²) < 4.78 is 1.31. The summed E-state index contributed by atoms with van der Waals surface area (Å²) in [6.07, 6.45) is 8.29. The number of thiophene rings is 1. The van der Waals surface area contributed by atoms with Crippen LogP contribution in [0.3, 0.4) is 0 Å². The summed E-state index contributed by atoms with van der Waals surface area (Å²) in [5, 5.41) is 5.78. The number of rotatable bonds is 5. The van der Waals surface area contributed by atoms with Crippen LogP contribution in [-0.2, 0) is 6.42 Å². The molecule has 1 nitrogen and oxygen atoms in total. The van der Waals surface area contributed by atoms with Gasteiger partial charge in [0.25, 0.3) is 0 Å². The Hall–Kier alpha value is 0.140. The zero-order chi connectivity index (χ0) is 12.1. The van der Waals surface area contributed by atoms with E-state index in [1.54, 1.807) is 0 Å². The molecule has 0 amide bonds. The van der Waals surface area contributed by atoms with Crippen molar-refractivity contribution in [3.05, 3.63) is 20.8 Å². The second kappa shape index (κ2) is 6.35. The Morgan fingerprint density at radius 1 is 1.35 bits per heavy atom. The molecule has 1 saturated carbocycles. The lowest BCUT2D eigenvalue weighted by molar-refractivity contribution is 0.183. The van der Waals surface area contributed by atoms with E-state index < -0.39 is 0 Å². The molecule has 0 aromatic carbocycles. The highest BCUT2D eigenvalue weighted by Gasteiger charge is 2.32. The van der Waals surface area contributed by atoms with E-state index in [1.165, 1.54) is 54.4 Å². The maximum Gasteiger partial charge on any atom is 0.0314 e. The van der Waals surface area contributed by atoms with E-state index in [4.69, 9.17) is 0 Å². The van der Waals surface area contributed by atoms with Crippen LogP contribution >= 0.6 is 27.3 Å². The minimum atomic E-state index is 0.516. The summed E-state index contributed by atoms with van der Waals surface area (Å²) >= 11 is 5.58. The van der Waals surface area contributed by atoms with E-state index in [-0.39, 0.29) is 0 Å². The van der Waals surface area contributed by atoms with E-state index in [9.17, 15) is 0 Å². The van der Waals surface area contributed by atoms with E-state index in [2.05, 4.69) is 39.6 Å². The van der Waals surface area contributed by atoms with E-state index in [1.807, 2.05) is 11.3 Å². The molecule has 1 aromatic rings. The van der Waals surface area contributed by atoms with Crippen molar-refractivity contribution in [2.45, 2.75) is 45.4 Å². The van der Waals surface area contributed by atoms with E-state index in [0.717, 1.165) is 6.54 Å². The molecule has 96 valence electrons. The second-order valence-electron chi connectivity index (χ2n) is 5.21. The van der Waals surface area contributed by atoms with Gasteiger partial charge in [-0.15, -0.1) is 11.3 Å². The summed E-state index contributed by atoms with van der Waals surface area (Å²) in [4.78, 5) is 1.53. The van der Waals surface area contributed by atoms with Gasteiger partial charge in [0.05, 0.1) is 0 Å². The largest absolute Gasteiger partial charge is 0.316 e. The van der Waals surface area contributed by atoms with Crippen molar-refractivity contribution in [1.82, 2.24) is 5.32 Å². The molecule has 0 spiro atoms. The molecule has 1 aromatic heterocycles. The molecule has 1 heterocycles. The van der Waals surface area contributed by atoms with Crippen molar-refractivity contribution in [1.29, 1.82) is 0 Å². The Morgan fingerprint density at radius 2 is 2.12 bits per heavy atom. The van der Waals surface area contributed by atoms with Crippen LogP contribution < -0.4 is 5.32 Å². The minimum absolute atomic E-state index is 0.516. The van der Waals surface area contributed by atoms with Crippen LogP contribution in [0.15, 0.2) is 15.9 Å². The molecule has 1 aliphatic rings. The monoisotopic (exact) mass is 315 g/mol. The van der Waals surface area contributed by atoms with Crippen molar-refractivity contribution in [3.63, 3.8) is 0 Å². The highest BCUT2D eigenvalue weighted by molar-refractivity contribution is 9.10. The van der Waals surface area contributed by atoms with Crippen LogP contribution in [0.1, 0.15) is 43.9 Å². The van der Waals surface area contributed by atoms with Crippen molar-refractivity contribution in [2.24, 2.45) is 5.41 Å². The van der Waals surface area contributed by atoms with E-state index in [0.29, 0.717) is 5.41 Å². The molecule has 0 bridgehead atoms. The first-order valence-corrected chi connectivity index (χ1v) is 8.36. The average molecular weight is 316 g/mol. The Balaban J connectivity index is 2.07. The zero-order valence-corrected chi connectivity index (χ0v) is 13.0. The maximum absolute atomic E-state index is 3.68. The van der Waals surface area contributed by atoms with Crippen LogP contribution in [0.2, 0.25) is 0 Å². The normalized spacial score (nSPS) is 19.4. The fraction of sp³-hybridized carbons (Fsp3) is 0.714. The molecule has 1 aliphatic carbocycles. The Bertz CT molecular complexity index is 342. The molecule has 2 rings (SSSR count). The quantitative estimate of drug-likeness (QED) is 0.836. The lowest BCUT2D eigenvalue weighted by Crippen LogP contribution is -2.37. The Labute approximate surface area is 117 Å². The molecule has 17 heavy (non-hydrogen) atoms. The van der Waals surface area contributed by atoms with Gasteiger partial charge in [-0.2, -0.15) is 0 Å². The smallest absolute Gasteiger partial charge is 0.0314 e. The van der Waals surface area contributed by atoms with Gasteiger partial charge < -0.3 is 5.32 Å². The third-order valence-corrected chi connectivity index (χ3v) is 5.82. The van der Waals surface area contributed by atoms with Gasteiger partial charge in [-0.25, -0.2) is 0 Å². The third kappa shape index (κ3) is 3.55. The van der Waals surface area contributed by atoms with Gasteiger partial charge in [-0.1, -0.05) is 26.2 Å². The van der Waals surface area contributed by atoms with Gasteiger partial charge >= 0.3 is 0 Å². The minimum Gasteiger partial charge on any atom is -0.316 e. The predicted octanol–water partition coefficient (Wildman–Crippen LogP) is 4.61. The lowest BCUT2D eigenvalue weighted by Gasteiger charge is -2.37.